The molecule has 1 aliphatic carbocycles. The molecule has 4 N–H and O–H groups in total. The van der Waals surface area contributed by atoms with Gasteiger partial charge in [-0.1, -0.05) is 29.9 Å². The van der Waals surface area contributed by atoms with Gasteiger partial charge in [0.25, 0.3) is 0 Å². The zero-order chi connectivity index (χ0) is 20.4. The number of nitrogens with one attached hydrogen (secondary N) is 2. The molecule has 0 spiro atoms. The molecule has 27 heavy (non-hydrogen) atoms. The van der Waals surface area contributed by atoms with Crippen molar-refractivity contribution in [3.63, 3.8) is 0 Å². The largest absolute Gasteiger partial charge is 0.409 e. The number of amides is 1. The van der Waals surface area contributed by atoms with Crippen molar-refractivity contribution in [3.05, 3.63) is 53.6 Å². The summed E-state index contributed by atoms with van der Waals surface area (Å²) in [7, 11) is 0. The van der Waals surface area contributed by atoms with E-state index in [4.69, 9.17) is 18.0 Å². The molecular weight excluding hydrogens is 389 g/mol. The smallest absolute Gasteiger partial charge is 0.369 e. The lowest BCUT2D eigenvalue weighted by atomic mass is 9.73. The molecule has 2 rings (SSSR count). The van der Waals surface area contributed by atoms with Crippen LogP contribution in [0.5, 0.6) is 0 Å². The second kappa shape index (κ2) is 7.63. The first-order chi connectivity index (χ1) is 12.5. The van der Waals surface area contributed by atoms with E-state index in [9.17, 15) is 26.7 Å². The fourth-order valence-corrected chi connectivity index (χ4v) is 2.91. The maximum Gasteiger partial charge on any atom is 0.409 e. The third-order valence-corrected chi connectivity index (χ3v) is 4.40. The van der Waals surface area contributed by atoms with Crippen LogP contribution in [-0.2, 0) is 4.79 Å². The van der Waals surface area contributed by atoms with Gasteiger partial charge < -0.3 is 16.4 Å². The van der Waals surface area contributed by atoms with Crippen molar-refractivity contribution in [2.24, 2.45) is 11.1 Å². The molecule has 1 aromatic rings. The molecule has 0 fully saturated rings. The fraction of sp³-hybridized carbons (Fsp3) is 0.294. The Balaban J connectivity index is 2.32. The monoisotopic (exact) mass is 405 g/mol. The topological polar surface area (TPSA) is 67.2 Å². The maximum absolute atomic E-state index is 13.7. The second-order valence-corrected chi connectivity index (χ2v) is 6.47. The molecule has 0 saturated carbocycles. The third kappa shape index (κ3) is 4.44. The van der Waals surface area contributed by atoms with Gasteiger partial charge in [-0.05, 0) is 37.7 Å². The van der Waals surface area contributed by atoms with Gasteiger partial charge in [0.2, 0.25) is 5.91 Å². The average Bonchev–Trinajstić information content (AvgIpc) is 2.57. The number of anilines is 1. The molecule has 0 bridgehead atoms. The molecule has 1 aromatic carbocycles. The Bertz CT molecular complexity index is 821. The zero-order valence-electron chi connectivity index (χ0n) is 14.0. The first kappa shape index (κ1) is 20.8. The van der Waals surface area contributed by atoms with Gasteiger partial charge in [-0.25, -0.2) is 8.78 Å². The highest BCUT2D eigenvalue weighted by Gasteiger charge is 2.56. The van der Waals surface area contributed by atoms with Gasteiger partial charge in [0.15, 0.2) is 16.7 Å². The van der Waals surface area contributed by atoms with E-state index in [1.54, 1.807) is 6.92 Å². The number of benzene rings is 1. The molecule has 146 valence electrons. The van der Waals surface area contributed by atoms with Crippen LogP contribution in [0, 0.1) is 17.0 Å². The molecule has 1 amide bonds. The molecular formula is C17H16F5N3OS. The lowest BCUT2D eigenvalue weighted by Crippen LogP contribution is -2.61. The Hall–Kier alpha value is -2.49. The van der Waals surface area contributed by atoms with Crippen LogP contribution in [0.15, 0.2) is 42.0 Å². The molecule has 0 aromatic heterocycles. The van der Waals surface area contributed by atoms with Crippen LogP contribution in [-0.4, -0.2) is 23.2 Å². The summed E-state index contributed by atoms with van der Waals surface area (Å²) in [5.74, 6) is -3.69. The SMILES string of the molecule is CC1=CCC(C(N)=O)(C(NC(=S)Nc2cccc(F)c2F)C(F)(F)F)C=C1. The molecule has 0 aliphatic heterocycles. The number of alkyl halides is 3. The molecule has 1 aliphatic rings. The average molecular weight is 405 g/mol. The number of hydrogen-bond acceptors (Lipinski definition) is 2. The van der Waals surface area contributed by atoms with Crippen molar-refractivity contribution in [1.82, 2.24) is 5.32 Å². The van der Waals surface area contributed by atoms with Gasteiger partial charge >= 0.3 is 6.18 Å². The van der Waals surface area contributed by atoms with E-state index < -0.39 is 46.0 Å². The van der Waals surface area contributed by atoms with E-state index in [0.717, 1.165) is 24.3 Å². The van der Waals surface area contributed by atoms with Crippen molar-refractivity contribution in [2.45, 2.75) is 25.6 Å². The van der Waals surface area contributed by atoms with Crippen LogP contribution in [0.25, 0.3) is 0 Å². The molecule has 0 radical (unpaired) electrons. The summed E-state index contributed by atoms with van der Waals surface area (Å²) in [5, 5.41) is 3.52. The first-order valence-corrected chi connectivity index (χ1v) is 8.12. The number of hydrogen-bond donors (Lipinski definition) is 3. The summed E-state index contributed by atoms with van der Waals surface area (Å²) in [6, 6.07) is 0.636. The molecule has 2 unspecified atom stereocenters. The fourth-order valence-electron chi connectivity index (χ4n) is 2.68. The van der Waals surface area contributed by atoms with Gasteiger partial charge in [-0.3, -0.25) is 4.79 Å². The predicted molar refractivity (Wildman–Crippen MR) is 94.7 cm³/mol. The lowest BCUT2D eigenvalue weighted by Gasteiger charge is -2.38. The maximum atomic E-state index is 13.7. The highest BCUT2D eigenvalue weighted by Crippen LogP contribution is 2.41. The normalized spacial score (nSPS) is 20.6. The van der Waals surface area contributed by atoms with Gasteiger partial charge in [-0.15, -0.1) is 0 Å². The number of allylic oxidation sites excluding steroid dienone is 3. The first-order valence-electron chi connectivity index (χ1n) is 7.71. The van der Waals surface area contributed by atoms with Crippen LogP contribution in [0.1, 0.15) is 13.3 Å². The summed E-state index contributed by atoms with van der Waals surface area (Å²) in [5.41, 5.74) is 3.39. The summed E-state index contributed by atoms with van der Waals surface area (Å²) >= 11 is 4.81. The Morgan fingerprint density at radius 3 is 2.52 bits per heavy atom. The van der Waals surface area contributed by atoms with Gasteiger partial charge in [0.05, 0.1) is 11.1 Å². The number of nitrogens with two attached hydrogens (primary N) is 1. The number of primary amides is 1. The van der Waals surface area contributed by atoms with Crippen LogP contribution >= 0.6 is 12.2 Å². The van der Waals surface area contributed by atoms with Crippen LogP contribution in [0.2, 0.25) is 0 Å². The van der Waals surface area contributed by atoms with Crippen molar-refractivity contribution >= 4 is 28.9 Å². The second-order valence-electron chi connectivity index (χ2n) is 6.06. The lowest BCUT2D eigenvalue weighted by molar-refractivity contribution is -0.178. The highest BCUT2D eigenvalue weighted by molar-refractivity contribution is 7.80. The van der Waals surface area contributed by atoms with Crippen molar-refractivity contribution in [1.29, 1.82) is 0 Å². The minimum atomic E-state index is -4.91. The Kier molecular flexibility index (Phi) is 5.88. The van der Waals surface area contributed by atoms with Crippen LogP contribution in [0.3, 0.4) is 0 Å². The zero-order valence-corrected chi connectivity index (χ0v) is 14.8. The van der Waals surface area contributed by atoms with Crippen LogP contribution < -0.4 is 16.4 Å². The molecule has 0 saturated heterocycles. The van der Waals surface area contributed by atoms with E-state index in [2.05, 4.69) is 5.32 Å². The highest BCUT2D eigenvalue weighted by atomic mass is 32.1. The van der Waals surface area contributed by atoms with Crippen molar-refractivity contribution < 1.29 is 26.7 Å². The van der Waals surface area contributed by atoms with Crippen molar-refractivity contribution in [2.75, 3.05) is 5.32 Å². The van der Waals surface area contributed by atoms with E-state index in [0.29, 0.717) is 5.57 Å². The van der Waals surface area contributed by atoms with Gasteiger partial charge in [0, 0.05) is 0 Å². The molecule has 2 atom stereocenters. The number of carbonyl (C=O) groups is 1. The van der Waals surface area contributed by atoms with Gasteiger partial charge in [0.1, 0.15) is 6.04 Å². The van der Waals surface area contributed by atoms with Crippen molar-refractivity contribution in [3.8, 4) is 0 Å². The predicted octanol–water partition coefficient (Wildman–Crippen LogP) is 3.56. The summed E-state index contributed by atoms with van der Waals surface area (Å²) in [4.78, 5) is 11.9. The summed E-state index contributed by atoms with van der Waals surface area (Å²) in [6.45, 7) is 1.66. The Morgan fingerprint density at radius 1 is 1.33 bits per heavy atom. The van der Waals surface area contributed by atoms with Gasteiger partial charge in [-0.2, -0.15) is 13.2 Å². The standard InChI is InChI=1S/C17H16F5N3OS/c1-9-5-7-16(8-6-9,14(23)26)13(17(20,21)22)25-15(27)24-11-4-2-3-10(18)12(11)19/h2-7,13H,8H2,1H3,(H2,23,26)(H2,24,25,27). The molecule has 4 nitrogen and oxygen atoms in total. The van der Waals surface area contributed by atoms with E-state index in [1.165, 1.54) is 12.2 Å². The number of rotatable bonds is 4. The number of halogens is 5. The van der Waals surface area contributed by atoms with E-state index in [1.807, 2.05) is 5.32 Å². The van der Waals surface area contributed by atoms with Crippen LogP contribution in [0.4, 0.5) is 27.6 Å². The summed E-state index contributed by atoms with van der Waals surface area (Å²) in [6.07, 6.45) is -1.31. The third-order valence-electron chi connectivity index (χ3n) is 4.18. The quantitative estimate of drug-likeness (QED) is 0.529. The van der Waals surface area contributed by atoms with E-state index >= 15 is 0 Å². The Morgan fingerprint density at radius 2 is 2.00 bits per heavy atom. The number of thiocarbonyl (C=S) groups is 1. The minimum absolute atomic E-state index is 0.293. The summed E-state index contributed by atoms with van der Waals surface area (Å²) < 4.78 is 68.0. The van der Waals surface area contributed by atoms with E-state index in [-0.39, 0.29) is 6.42 Å². The molecule has 10 heteroatoms. The number of carbonyl (C=O) groups excluding carboxylic acids is 1. The molecule has 0 heterocycles. The minimum Gasteiger partial charge on any atom is -0.369 e. The Labute approximate surface area is 157 Å².